The molecular weight excluding hydrogens is 410 g/mol. The SMILES string of the molecule is C=CC(=O)Nc1ccc(C(=O)N2CC[C@H](Nc3ncc(Cl)c(OC)n3)C2)cc1OC. The van der Waals surface area contributed by atoms with E-state index >= 15 is 0 Å². The summed E-state index contributed by atoms with van der Waals surface area (Å²) in [7, 11) is 2.96. The van der Waals surface area contributed by atoms with Crippen molar-refractivity contribution in [3.63, 3.8) is 0 Å². The molecule has 0 saturated carbocycles. The van der Waals surface area contributed by atoms with Gasteiger partial charge in [-0.25, -0.2) is 4.98 Å². The van der Waals surface area contributed by atoms with Gasteiger partial charge in [0.2, 0.25) is 17.7 Å². The summed E-state index contributed by atoms with van der Waals surface area (Å²) in [6.45, 7) is 4.49. The van der Waals surface area contributed by atoms with Crippen LogP contribution in [0.2, 0.25) is 5.02 Å². The number of carbonyl (C=O) groups is 2. The predicted molar refractivity (Wildman–Crippen MR) is 113 cm³/mol. The van der Waals surface area contributed by atoms with Crippen LogP contribution in [-0.2, 0) is 4.79 Å². The minimum Gasteiger partial charge on any atom is -0.495 e. The summed E-state index contributed by atoms with van der Waals surface area (Å²) < 4.78 is 10.4. The number of carbonyl (C=O) groups excluding carboxylic acids is 2. The molecule has 0 spiro atoms. The summed E-state index contributed by atoms with van der Waals surface area (Å²) in [6.07, 6.45) is 3.37. The summed E-state index contributed by atoms with van der Waals surface area (Å²) >= 11 is 5.95. The molecule has 10 heteroatoms. The number of hydrogen-bond acceptors (Lipinski definition) is 7. The number of aromatic nitrogens is 2. The molecule has 1 aromatic heterocycles. The first kappa shape index (κ1) is 21.4. The van der Waals surface area contributed by atoms with Gasteiger partial charge in [0.05, 0.1) is 26.1 Å². The predicted octanol–water partition coefficient (Wildman–Crippen LogP) is 2.60. The van der Waals surface area contributed by atoms with Crippen LogP contribution in [-0.4, -0.2) is 60.0 Å². The molecule has 0 radical (unpaired) electrons. The van der Waals surface area contributed by atoms with Crippen molar-refractivity contribution < 1.29 is 19.1 Å². The summed E-state index contributed by atoms with van der Waals surface area (Å²) in [5, 5.41) is 6.17. The third-order valence-electron chi connectivity index (χ3n) is 4.61. The van der Waals surface area contributed by atoms with Crippen LogP contribution in [0.3, 0.4) is 0 Å². The van der Waals surface area contributed by atoms with E-state index < -0.39 is 0 Å². The molecular formula is C20H22ClN5O4. The standard InChI is InChI=1S/C20H22ClN5O4/c1-4-17(27)24-15-6-5-12(9-16(15)29-2)19(28)26-8-7-13(11-26)23-20-22-10-14(21)18(25-20)30-3/h4-6,9-10,13H,1,7-8,11H2,2-3H3,(H,24,27)(H,22,23,25)/t13-/m0/s1. The van der Waals surface area contributed by atoms with Gasteiger partial charge in [-0.3, -0.25) is 9.59 Å². The number of anilines is 2. The Morgan fingerprint density at radius 2 is 2.13 bits per heavy atom. The van der Waals surface area contributed by atoms with Gasteiger partial charge in [0.1, 0.15) is 10.8 Å². The van der Waals surface area contributed by atoms with Crippen molar-refractivity contribution in [2.75, 3.05) is 37.9 Å². The van der Waals surface area contributed by atoms with E-state index in [1.807, 2.05) is 0 Å². The Labute approximate surface area is 179 Å². The van der Waals surface area contributed by atoms with Crippen LogP contribution in [0.25, 0.3) is 0 Å². The Balaban J connectivity index is 1.66. The quantitative estimate of drug-likeness (QED) is 0.649. The van der Waals surface area contributed by atoms with Gasteiger partial charge in [0.25, 0.3) is 5.91 Å². The number of halogens is 1. The topological polar surface area (TPSA) is 106 Å². The summed E-state index contributed by atoms with van der Waals surface area (Å²) in [5.74, 6) is 0.581. The Hall–Kier alpha value is -3.33. The number of nitrogens with zero attached hydrogens (tertiary/aromatic N) is 3. The number of nitrogens with one attached hydrogen (secondary N) is 2. The molecule has 1 aliphatic rings. The zero-order valence-electron chi connectivity index (χ0n) is 16.6. The molecule has 1 saturated heterocycles. The van der Waals surface area contributed by atoms with Gasteiger partial charge in [-0.1, -0.05) is 18.2 Å². The lowest BCUT2D eigenvalue weighted by Crippen LogP contribution is -2.32. The summed E-state index contributed by atoms with van der Waals surface area (Å²) in [5.41, 5.74) is 0.933. The van der Waals surface area contributed by atoms with Crippen molar-refractivity contribution in [3.05, 3.63) is 47.6 Å². The zero-order valence-corrected chi connectivity index (χ0v) is 17.4. The summed E-state index contributed by atoms with van der Waals surface area (Å²) in [4.78, 5) is 34.5. The van der Waals surface area contributed by atoms with Crippen molar-refractivity contribution in [2.45, 2.75) is 12.5 Å². The third kappa shape index (κ3) is 4.80. The summed E-state index contributed by atoms with van der Waals surface area (Å²) in [6, 6.07) is 4.88. The fourth-order valence-corrected chi connectivity index (χ4v) is 3.27. The molecule has 2 aromatic rings. The third-order valence-corrected chi connectivity index (χ3v) is 4.86. The van der Waals surface area contributed by atoms with Crippen LogP contribution in [0.5, 0.6) is 11.6 Å². The minimum absolute atomic E-state index is 0.00659. The average molecular weight is 432 g/mol. The maximum atomic E-state index is 12.9. The fraction of sp³-hybridized carbons (Fsp3) is 0.300. The normalized spacial score (nSPS) is 15.4. The van der Waals surface area contributed by atoms with Gasteiger partial charge >= 0.3 is 0 Å². The molecule has 158 valence electrons. The number of methoxy groups -OCH3 is 2. The number of rotatable bonds is 7. The highest BCUT2D eigenvalue weighted by Gasteiger charge is 2.28. The van der Waals surface area contributed by atoms with Crippen molar-refractivity contribution in [1.82, 2.24) is 14.9 Å². The highest BCUT2D eigenvalue weighted by atomic mass is 35.5. The van der Waals surface area contributed by atoms with E-state index in [9.17, 15) is 9.59 Å². The molecule has 1 aromatic carbocycles. The monoisotopic (exact) mass is 431 g/mol. The molecule has 2 heterocycles. The molecule has 0 bridgehead atoms. The molecule has 0 aliphatic carbocycles. The average Bonchev–Trinajstić information content (AvgIpc) is 3.23. The Kier molecular flexibility index (Phi) is 6.73. The number of amides is 2. The van der Waals surface area contributed by atoms with Crippen molar-refractivity contribution in [2.24, 2.45) is 0 Å². The van der Waals surface area contributed by atoms with Crippen molar-refractivity contribution >= 4 is 35.1 Å². The van der Waals surface area contributed by atoms with Crippen molar-refractivity contribution in [1.29, 1.82) is 0 Å². The Morgan fingerprint density at radius 1 is 1.33 bits per heavy atom. The van der Waals surface area contributed by atoms with Gasteiger partial charge < -0.3 is 25.0 Å². The number of hydrogen-bond donors (Lipinski definition) is 2. The van der Waals surface area contributed by atoms with Crippen LogP contribution >= 0.6 is 11.6 Å². The maximum Gasteiger partial charge on any atom is 0.254 e. The molecule has 0 unspecified atom stereocenters. The largest absolute Gasteiger partial charge is 0.495 e. The van der Waals surface area contributed by atoms with Crippen LogP contribution in [0.4, 0.5) is 11.6 Å². The molecule has 2 N–H and O–H groups in total. The van der Waals surface area contributed by atoms with Gasteiger partial charge in [0, 0.05) is 24.7 Å². The first-order valence-corrected chi connectivity index (χ1v) is 9.56. The number of ether oxygens (including phenoxy) is 2. The van der Waals surface area contributed by atoms with E-state index in [4.69, 9.17) is 21.1 Å². The van der Waals surface area contributed by atoms with E-state index in [1.165, 1.54) is 20.4 Å². The van der Waals surface area contributed by atoms with Gasteiger partial charge in [-0.05, 0) is 30.7 Å². The fourth-order valence-electron chi connectivity index (χ4n) is 3.10. The lowest BCUT2D eigenvalue weighted by atomic mass is 10.1. The molecule has 1 atom stereocenters. The highest BCUT2D eigenvalue weighted by molar-refractivity contribution is 6.31. The van der Waals surface area contributed by atoms with Crippen LogP contribution in [0.15, 0.2) is 37.1 Å². The zero-order chi connectivity index (χ0) is 21.7. The van der Waals surface area contributed by atoms with E-state index in [0.29, 0.717) is 41.1 Å². The second-order valence-corrected chi connectivity index (χ2v) is 6.95. The molecule has 30 heavy (non-hydrogen) atoms. The molecule has 1 aliphatic heterocycles. The second kappa shape index (κ2) is 9.45. The van der Waals surface area contributed by atoms with Gasteiger partial charge in [0.15, 0.2) is 0 Å². The molecule has 2 amide bonds. The Morgan fingerprint density at radius 3 is 2.83 bits per heavy atom. The number of likely N-dealkylation sites (tertiary alicyclic amines) is 1. The van der Waals surface area contributed by atoms with E-state index in [2.05, 4.69) is 27.2 Å². The van der Waals surface area contributed by atoms with Crippen LogP contribution in [0.1, 0.15) is 16.8 Å². The van der Waals surface area contributed by atoms with Crippen LogP contribution in [0, 0.1) is 0 Å². The first-order valence-electron chi connectivity index (χ1n) is 9.19. The van der Waals surface area contributed by atoms with E-state index in [0.717, 1.165) is 12.5 Å². The second-order valence-electron chi connectivity index (χ2n) is 6.54. The first-order chi connectivity index (χ1) is 14.4. The van der Waals surface area contributed by atoms with Crippen molar-refractivity contribution in [3.8, 4) is 11.6 Å². The Bertz CT molecular complexity index is 968. The van der Waals surface area contributed by atoms with Gasteiger partial charge in [-0.15, -0.1) is 0 Å². The lowest BCUT2D eigenvalue weighted by Gasteiger charge is -2.18. The highest BCUT2D eigenvalue weighted by Crippen LogP contribution is 2.27. The van der Waals surface area contributed by atoms with Crippen LogP contribution < -0.4 is 20.1 Å². The maximum absolute atomic E-state index is 12.9. The number of benzene rings is 1. The minimum atomic E-state index is -0.359. The smallest absolute Gasteiger partial charge is 0.254 e. The molecule has 9 nitrogen and oxygen atoms in total. The van der Waals surface area contributed by atoms with E-state index in [-0.39, 0.29) is 23.7 Å². The molecule has 1 fully saturated rings. The van der Waals surface area contributed by atoms with E-state index in [1.54, 1.807) is 23.1 Å². The van der Waals surface area contributed by atoms with Gasteiger partial charge in [-0.2, -0.15) is 4.98 Å². The lowest BCUT2D eigenvalue weighted by molar-refractivity contribution is -0.111. The molecule has 3 rings (SSSR count).